The maximum Gasteiger partial charge on any atom is 0.275 e. The summed E-state index contributed by atoms with van der Waals surface area (Å²) in [6, 6.07) is 18.7. The van der Waals surface area contributed by atoms with E-state index in [0.717, 1.165) is 5.56 Å². The van der Waals surface area contributed by atoms with E-state index < -0.39 is 0 Å². The summed E-state index contributed by atoms with van der Waals surface area (Å²) < 4.78 is 1.35. The molecular weight excluding hydrogens is 316 g/mol. The first-order chi connectivity index (χ1) is 12.2. The van der Waals surface area contributed by atoms with Gasteiger partial charge in [0.1, 0.15) is 11.3 Å². The molecule has 0 fully saturated rings. The van der Waals surface area contributed by atoms with Gasteiger partial charge in [-0.3, -0.25) is 9.89 Å². The van der Waals surface area contributed by atoms with Crippen LogP contribution in [-0.2, 0) is 0 Å². The monoisotopic (exact) mass is 330 g/mol. The van der Waals surface area contributed by atoms with Crippen LogP contribution in [0.5, 0.6) is 5.88 Å². The molecule has 2 N–H and O–H groups in total. The molecule has 1 aliphatic heterocycles. The number of nitrogens with zero attached hydrogens (tertiary/aromatic N) is 3. The molecule has 0 saturated heterocycles. The van der Waals surface area contributed by atoms with Crippen molar-refractivity contribution in [2.45, 2.75) is 0 Å². The number of hydrogen-bond donors (Lipinski definition) is 2. The van der Waals surface area contributed by atoms with Gasteiger partial charge in [0.05, 0.1) is 11.9 Å². The average Bonchev–Trinajstić information content (AvgIpc) is 3.23. The van der Waals surface area contributed by atoms with Crippen LogP contribution in [0, 0.1) is 0 Å². The second kappa shape index (κ2) is 6.09. The minimum absolute atomic E-state index is 0.156. The molecule has 2 heterocycles. The number of aromatic amines is 1. The van der Waals surface area contributed by atoms with E-state index in [1.165, 1.54) is 4.68 Å². The summed E-state index contributed by atoms with van der Waals surface area (Å²) in [6.45, 7) is 0. The highest BCUT2D eigenvalue weighted by Gasteiger charge is 2.18. The van der Waals surface area contributed by atoms with E-state index in [1.807, 2.05) is 48.5 Å². The number of aromatic nitrogens is 2. The summed E-state index contributed by atoms with van der Waals surface area (Å²) >= 11 is 0. The van der Waals surface area contributed by atoms with Crippen LogP contribution in [0.3, 0.4) is 0 Å². The second-order valence-corrected chi connectivity index (χ2v) is 5.51. The fraction of sp³-hybridized carbons (Fsp3) is 0. The quantitative estimate of drug-likeness (QED) is 0.774. The van der Waals surface area contributed by atoms with Gasteiger partial charge >= 0.3 is 0 Å². The minimum atomic E-state index is -0.387. The lowest BCUT2D eigenvalue weighted by Gasteiger charge is -2.04. The molecule has 4 rings (SSSR count). The van der Waals surface area contributed by atoms with E-state index in [1.54, 1.807) is 24.4 Å². The highest BCUT2D eigenvalue weighted by Crippen LogP contribution is 2.22. The maximum atomic E-state index is 12.3. The van der Waals surface area contributed by atoms with Crippen molar-refractivity contribution < 1.29 is 5.11 Å². The summed E-state index contributed by atoms with van der Waals surface area (Å²) in [5.74, 6) is -0.156. The number of nitrogens with one attached hydrogen (secondary N) is 1. The van der Waals surface area contributed by atoms with Gasteiger partial charge in [0.15, 0.2) is 0 Å². The molecule has 0 aliphatic carbocycles. The van der Waals surface area contributed by atoms with E-state index in [9.17, 15) is 9.90 Å². The number of rotatable bonds is 3. The number of hydrogen-bond acceptors (Lipinski definition) is 4. The maximum absolute atomic E-state index is 12.3. The fourth-order valence-corrected chi connectivity index (χ4v) is 2.68. The Labute approximate surface area is 143 Å². The van der Waals surface area contributed by atoms with Crippen molar-refractivity contribution in [2.24, 2.45) is 10.2 Å². The Morgan fingerprint density at radius 1 is 1.00 bits per heavy atom. The molecule has 0 atom stereocenters. The van der Waals surface area contributed by atoms with Crippen LogP contribution in [0.25, 0.3) is 11.8 Å². The lowest BCUT2D eigenvalue weighted by Crippen LogP contribution is -2.07. The van der Waals surface area contributed by atoms with Crippen LogP contribution in [0.2, 0.25) is 0 Å². The largest absolute Gasteiger partial charge is 0.493 e. The smallest absolute Gasteiger partial charge is 0.275 e. The summed E-state index contributed by atoms with van der Waals surface area (Å²) in [7, 11) is 0. The molecule has 6 nitrogen and oxygen atoms in total. The van der Waals surface area contributed by atoms with Crippen molar-refractivity contribution in [3.05, 3.63) is 87.7 Å². The van der Waals surface area contributed by atoms with E-state index >= 15 is 0 Å². The number of H-pyrrole nitrogens is 1. The molecule has 0 amide bonds. The first-order valence-electron chi connectivity index (χ1n) is 7.72. The molecule has 0 bridgehead atoms. The standard InChI is InChI=1S/C19H14N4O2/c24-18-16(19(25)23(22-18)15-9-5-2-6-10-15)11-14-12-20-21-17(14)13-7-3-1-4-8-13/h1-12,25H,(H,22,24). The van der Waals surface area contributed by atoms with Crippen LogP contribution in [0.1, 0.15) is 11.1 Å². The van der Waals surface area contributed by atoms with Gasteiger partial charge in [-0.2, -0.15) is 5.10 Å². The van der Waals surface area contributed by atoms with Crippen LogP contribution in [0.4, 0.5) is 0 Å². The average molecular weight is 330 g/mol. The number of allylic oxidation sites excluding steroid dienone is 1. The third-order valence-electron chi connectivity index (χ3n) is 3.90. The predicted molar refractivity (Wildman–Crippen MR) is 97.5 cm³/mol. The summed E-state index contributed by atoms with van der Waals surface area (Å²) in [5, 5.41) is 21.2. The van der Waals surface area contributed by atoms with Crippen molar-refractivity contribution >= 4 is 18.0 Å². The van der Waals surface area contributed by atoms with Crippen molar-refractivity contribution in [3.63, 3.8) is 0 Å². The van der Waals surface area contributed by atoms with Crippen LogP contribution < -0.4 is 5.56 Å². The van der Waals surface area contributed by atoms with Gasteiger partial charge in [0.25, 0.3) is 5.56 Å². The highest BCUT2D eigenvalue weighted by atomic mass is 16.3. The van der Waals surface area contributed by atoms with Gasteiger partial charge < -0.3 is 5.11 Å². The summed E-state index contributed by atoms with van der Waals surface area (Å²) in [6.07, 6.45) is 3.16. The van der Waals surface area contributed by atoms with Gasteiger partial charge in [0, 0.05) is 11.1 Å². The van der Waals surface area contributed by atoms with E-state index in [4.69, 9.17) is 0 Å². The van der Waals surface area contributed by atoms with Crippen molar-refractivity contribution in [1.82, 2.24) is 9.78 Å². The summed E-state index contributed by atoms with van der Waals surface area (Å²) in [4.78, 5) is 12.3. The molecule has 0 unspecified atom stereocenters. The van der Waals surface area contributed by atoms with Crippen molar-refractivity contribution in [3.8, 4) is 11.6 Å². The second-order valence-electron chi connectivity index (χ2n) is 5.51. The van der Waals surface area contributed by atoms with Crippen LogP contribution in [0.15, 0.2) is 81.2 Å². The number of aromatic hydroxyl groups is 1. The molecule has 3 aromatic rings. The predicted octanol–water partition coefficient (Wildman–Crippen LogP) is 2.74. The lowest BCUT2D eigenvalue weighted by molar-refractivity contribution is 0.432. The molecule has 1 aliphatic rings. The Kier molecular flexibility index (Phi) is 3.63. The fourth-order valence-electron chi connectivity index (χ4n) is 2.68. The normalized spacial score (nSPS) is 14.9. The minimum Gasteiger partial charge on any atom is -0.493 e. The zero-order valence-electron chi connectivity index (χ0n) is 13.1. The van der Waals surface area contributed by atoms with Crippen molar-refractivity contribution in [2.75, 3.05) is 0 Å². The Balaban J connectivity index is 1.78. The molecule has 0 saturated carbocycles. The van der Waals surface area contributed by atoms with Gasteiger partial charge in [-0.1, -0.05) is 48.5 Å². The van der Waals surface area contributed by atoms with E-state index in [0.29, 0.717) is 17.0 Å². The third-order valence-corrected chi connectivity index (χ3v) is 3.90. The molecule has 0 radical (unpaired) electrons. The molecule has 6 heteroatoms. The number of benzene rings is 2. The zero-order chi connectivity index (χ0) is 17.2. The van der Waals surface area contributed by atoms with E-state index in [-0.39, 0.29) is 17.0 Å². The molecule has 122 valence electrons. The summed E-state index contributed by atoms with van der Waals surface area (Å²) in [5.41, 5.74) is 2.66. The molecule has 25 heavy (non-hydrogen) atoms. The van der Waals surface area contributed by atoms with E-state index in [2.05, 4.69) is 15.3 Å². The van der Waals surface area contributed by atoms with Crippen LogP contribution in [-0.4, -0.2) is 26.8 Å². The van der Waals surface area contributed by atoms with Gasteiger partial charge in [-0.15, -0.1) is 5.10 Å². The highest BCUT2D eigenvalue weighted by molar-refractivity contribution is 6.28. The van der Waals surface area contributed by atoms with Crippen molar-refractivity contribution in [1.29, 1.82) is 0 Å². The molecule has 1 aromatic heterocycles. The Morgan fingerprint density at radius 2 is 1.68 bits per heavy atom. The first kappa shape index (κ1) is 14.9. The Bertz CT molecular complexity index is 1060. The van der Waals surface area contributed by atoms with Gasteiger partial charge in [-0.25, -0.2) is 4.68 Å². The first-order valence-corrected chi connectivity index (χ1v) is 7.72. The molecular formula is C19H14N4O2. The van der Waals surface area contributed by atoms with Gasteiger partial charge in [-0.05, 0) is 18.2 Å². The van der Waals surface area contributed by atoms with Gasteiger partial charge in [0.2, 0.25) is 5.88 Å². The number of para-hydroxylation sites is 1. The van der Waals surface area contributed by atoms with Crippen LogP contribution >= 0.6 is 0 Å². The molecule has 0 spiro atoms. The lowest BCUT2D eigenvalue weighted by atomic mass is 10.0. The Hall–Kier alpha value is -3.67. The SMILES string of the molecule is O=c1[nH]n(-c2ccccc2)c(O)c1C=C1C=NN=C1c1ccccc1. The zero-order valence-corrected chi connectivity index (χ0v) is 13.1. The topological polar surface area (TPSA) is 82.7 Å². The Morgan fingerprint density at radius 3 is 2.40 bits per heavy atom. The molecule has 2 aromatic carbocycles. The third kappa shape index (κ3) is 2.70.